The largest absolute Gasteiger partial charge is 0.497 e. The SMILES string of the molecule is COc1ccc(OCc2nnc(SCC(=O)Nc3cccc(OC)c3)n2-c2ccccc2)cc1. The first kappa shape index (κ1) is 23.2. The zero-order valence-electron chi connectivity index (χ0n) is 18.8. The van der Waals surface area contributed by atoms with Crippen molar-refractivity contribution in [2.45, 2.75) is 11.8 Å². The number of carbonyl (C=O) groups is 1. The van der Waals surface area contributed by atoms with Crippen LogP contribution in [0.1, 0.15) is 5.82 Å². The van der Waals surface area contributed by atoms with Gasteiger partial charge >= 0.3 is 0 Å². The summed E-state index contributed by atoms with van der Waals surface area (Å²) in [5.74, 6) is 2.76. The molecule has 0 atom stereocenters. The first-order valence-corrected chi connectivity index (χ1v) is 11.5. The molecule has 4 aromatic rings. The molecule has 3 aromatic carbocycles. The van der Waals surface area contributed by atoms with Crippen LogP contribution in [0.25, 0.3) is 5.69 Å². The Balaban J connectivity index is 1.47. The summed E-state index contributed by atoms with van der Waals surface area (Å²) in [6.07, 6.45) is 0. The monoisotopic (exact) mass is 476 g/mol. The van der Waals surface area contributed by atoms with Crippen LogP contribution < -0.4 is 19.5 Å². The Kier molecular flexibility index (Phi) is 7.67. The number of anilines is 1. The molecular formula is C25H24N4O4S. The molecule has 0 fully saturated rings. The molecule has 0 aliphatic rings. The lowest BCUT2D eigenvalue weighted by molar-refractivity contribution is -0.113. The van der Waals surface area contributed by atoms with Gasteiger partial charge in [0.2, 0.25) is 5.91 Å². The summed E-state index contributed by atoms with van der Waals surface area (Å²) < 4.78 is 18.2. The molecule has 0 saturated heterocycles. The molecule has 0 radical (unpaired) electrons. The zero-order valence-corrected chi connectivity index (χ0v) is 19.6. The van der Waals surface area contributed by atoms with Gasteiger partial charge in [0.25, 0.3) is 0 Å². The second-order valence-corrected chi connectivity index (χ2v) is 8.05. The van der Waals surface area contributed by atoms with Crippen molar-refractivity contribution in [1.29, 1.82) is 0 Å². The minimum atomic E-state index is -0.156. The minimum absolute atomic E-state index is 0.156. The van der Waals surface area contributed by atoms with Gasteiger partial charge in [-0.3, -0.25) is 9.36 Å². The Hall–Kier alpha value is -3.98. The van der Waals surface area contributed by atoms with E-state index in [4.69, 9.17) is 14.2 Å². The van der Waals surface area contributed by atoms with Gasteiger partial charge in [0.1, 0.15) is 23.9 Å². The molecule has 9 heteroatoms. The molecule has 4 rings (SSSR count). The Morgan fingerprint density at radius 3 is 2.35 bits per heavy atom. The molecule has 1 amide bonds. The summed E-state index contributed by atoms with van der Waals surface area (Å²) in [4.78, 5) is 12.5. The summed E-state index contributed by atoms with van der Waals surface area (Å²) in [7, 11) is 3.21. The highest BCUT2D eigenvalue weighted by Crippen LogP contribution is 2.24. The fourth-order valence-electron chi connectivity index (χ4n) is 3.17. The van der Waals surface area contributed by atoms with E-state index in [0.29, 0.717) is 28.2 Å². The normalized spacial score (nSPS) is 10.5. The van der Waals surface area contributed by atoms with Gasteiger partial charge in [-0.2, -0.15) is 0 Å². The molecule has 174 valence electrons. The smallest absolute Gasteiger partial charge is 0.234 e. The quantitative estimate of drug-likeness (QED) is 0.335. The molecule has 0 aliphatic carbocycles. The number of hydrogen-bond donors (Lipinski definition) is 1. The average Bonchev–Trinajstić information content (AvgIpc) is 3.30. The number of rotatable bonds is 10. The molecular weight excluding hydrogens is 452 g/mol. The van der Waals surface area contributed by atoms with Crippen LogP contribution in [0.4, 0.5) is 5.69 Å². The van der Waals surface area contributed by atoms with Crippen molar-refractivity contribution in [2.75, 3.05) is 25.3 Å². The van der Waals surface area contributed by atoms with Gasteiger partial charge in [-0.05, 0) is 48.5 Å². The van der Waals surface area contributed by atoms with Crippen LogP contribution >= 0.6 is 11.8 Å². The Morgan fingerprint density at radius 1 is 0.882 bits per heavy atom. The first-order valence-electron chi connectivity index (χ1n) is 10.5. The standard InChI is InChI=1S/C25H24N4O4S/c1-31-20-11-13-21(14-12-20)33-16-23-27-28-25(29(23)19-8-4-3-5-9-19)34-17-24(30)26-18-7-6-10-22(15-18)32-2/h3-15H,16-17H2,1-2H3,(H,26,30). The highest BCUT2D eigenvalue weighted by Gasteiger charge is 2.16. The summed E-state index contributed by atoms with van der Waals surface area (Å²) >= 11 is 1.30. The highest BCUT2D eigenvalue weighted by molar-refractivity contribution is 7.99. The van der Waals surface area contributed by atoms with Gasteiger partial charge < -0.3 is 19.5 Å². The number of para-hydroxylation sites is 1. The summed E-state index contributed by atoms with van der Waals surface area (Å²) in [6, 6.07) is 24.3. The summed E-state index contributed by atoms with van der Waals surface area (Å²) in [6.45, 7) is 0.213. The second kappa shape index (κ2) is 11.2. The van der Waals surface area contributed by atoms with E-state index < -0.39 is 0 Å². The third-order valence-corrected chi connectivity index (χ3v) is 5.76. The predicted octanol–water partition coefficient (Wildman–Crippen LogP) is 4.59. The zero-order chi connectivity index (χ0) is 23.8. The second-order valence-electron chi connectivity index (χ2n) is 7.10. The number of carbonyl (C=O) groups excluding carboxylic acids is 1. The van der Waals surface area contributed by atoms with E-state index in [2.05, 4.69) is 15.5 Å². The number of ether oxygens (including phenoxy) is 3. The van der Waals surface area contributed by atoms with Crippen molar-refractivity contribution in [2.24, 2.45) is 0 Å². The predicted molar refractivity (Wildman–Crippen MR) is 131 cm³/mol. The first-order chi connectivity index (χ1) is 16.7. The van der Waals surface area contributed by atoms with Crippen LogP contribution in [0.5, 0.6) is 17.2 Å². The van der Waals surface area contributed by atoms with E-state index in [0.717, 1.165) is 11.4 Å². The van der Waals surface area contributed by atoms with Gasteiger partial charge in [-0.25, -0.2) is 0 Å². The third kappa shape index (κ3) is 5.87. The van der Waals surface area contributed by atoms with Crippen molar-refractivity contribution in [1.82, 2.24) is 14.8 Å². The maximum atomic E-state index is 12.5. The highest BCUT2D eigenvalue weighted by atomic mass is 32.2. The Labute approximate surface area is 201 Å². The van der Waals surface area contributed by atoms with Gasteiger partial charge in [-0.15, -0.1) is 10.2 Å². The molecule has 0 unspecified atom stereocenters. The van der Waals surface area contributed by atoms with Crippen LogP contribution in [0.3, 0.4) is 0 Å². The number of benzene rings is 3. The lowest BCUT2D eigenvalue weighted by atomic mass is 10.3. The van der Waals surface area contributed by atoms with Gasteiger partial charge in [0.15, 0.2) is 11.0 Å². The number of hydrogen-bond acceptors (Lipinski definition) is 7. The molecule has 0 saturated carbocycles. The number of nitrogens with zero attached hydrogens (tertiary/aromatic N) is 3. The van der Waals surface area contributed by atoms with E-state index in [1.807, 2.05) is 77.4 Å². The Morgan fingerprint density at radius 2 is 1.62 bits per heavy atom. The molecule has 1 N–H and O–H groups in total. The van der Waals surface area contributed by atoms with Crippen LogP contribution in [0.15, 0.2) is 84.0 Å². The lowest BCUT2D eigenvalue weighted by Crippen LogP contribution is -2.14. The fourth-order valence-corrected chi connectivity index (χ4v) is 3.94. The summed E-state index contributed by atoms with van der Waals surface area (Å²) in [5.41, 5.74) is 1.56. The molecule has 34 heavy (non-hydrogen) atoms. The van der Waals surface area contributed by atoms with E-state index in [1.165, 1.54) is 11.8 Å². The van der Waals surface area contributed by atoms with E-state index in [1.54, 1.807) is 20.3 Å². The molecule has 8 nitrogen and oxygen atoms in total. The van der Waals surface area contributed by atoms with Crippen molar-refractivity contribution < 1.29 is 19.0 Å². The number of nitrogens with one attached hydrogen (secondary N) is 1. The average molecular weight is 477 g/mol. The molecule has 0 bridgehead atoms. The molecule has 1 aromatic heterocycles. The number of aromatic nitrogens is 3. The fraction of sp³-hybridized carbons (Fsp3) is 0.160. The topological polar surface area (TPSA) is 87.5 Å². The van der Waals surface area contributed by atoms with E-state index in [9.17, 15) is 4.79 Å². The van der Waals surface area contributed by atoms with Crippen molar-refractivity contribution in [3.05, 3.63) is 84.7 Å². The van der Waals surface area contributed by atoms with Gasteiger partial charge in [0.05, 0.1) is 20.0 Å². The molecule has 0 spiro atoms. The van der Waals surface area contributed by atoms with Crippen LogP contribution in [0.2, 0.25) is 0 Å². The third-order valence-electron chi connectivity index (χ3n) is 4.83. The van der Waals surface area contributed by atoms with Crippen LogP contribution in [-0.4, -0.2) is 40.6 Å². The van der Waals surface area contributed by atoms with Gasteiger partial charge in [0, 0.05) is 17.4 Å². The van der Waals surface area contributed by atoms with Crippen molar-refractivity contribution in [3.63, 3.8) is 0 Å². The van der Waals surface area contributed by atoms with E-state index in [-0.39, 0.29) is 18.3 Å². The maximum absolute atomic E-state index is 12.5. The van der Waals surface area contributed by atoms with Crippen LogP contribution in [-0.2, 0) is 11.4 Å². The molecule has 0 aliphatic heterocycles. The molecule has 1 heterocycles. The van der Waals surface area contributed by atoms with E-state index >= 15 is 0 Å². The number of methoxy groups -OCH3 is 2. The maximum Gasteiger partial charge on any atom is 0.234 e. The van der Waals surface area contributed by atoms with Crippen LogP contribution in [0, 0.1) is 0 Å². The van der Waals surface area contributed by atoms with Crippen molar-refractivity contribution in [3.8, 4) is 22.9 Å². The lowest BCUT2D eigenvalue weighted by Gasteiger charge is -2.11. The Bertz CT molecular complexity index is 1230. The summed E-state index contributed by atoms with van der Waals surface area (Å²) in [5, 5.41) is 12.1. The van der Waals surface area contributed by atoms with Gasteiger partial charge in [-0.1, -0.05) is 36.0 Å². The number of amides is 1. The van der Waals surface area contributed by atoms with Crippen molar-refractivity contribution >= 4 is 23.4 Å². The minimum Gasteiger partial charge on any atom is -0.497 e. The number of thioether (sulfide) groups is 1.